The second-order valence-corrected chi connectivity index (χ2v) is 9.60. The molecule has 1 heterocycles. The molecule has 0 aromatic heterocycles. The lowest BCUT2D eigenvalue weighted by molar-refractivity contribution is -0.124. The van der Waals surface area contributed by atoms with Crippen molar-refractivity contribution in [2.45, 2.75) is 31.7 Å². The summed E-state index contributed by atoms with van der Waals surface area (Å²) >= 11 is 0. The van der Waals surface area contributed by atoms with Gasteiger partial charge in [-0.05, 0) is 41.7 Å². The van der Waals surface area contributed by atoms with Crippen molar-refractivity contribution in [2.75, 3.05) is 19.7 Å². The van der Waals surface area contributed by atoms with Gasteiger partial charge in [-0.15, -0.1) is 0 Å². The fourth-order valence-electron chi connectivity index (χ4n) is 3.19. The van der Waals surface area contributed by atoms with E-state index in [0.717, 1.165) is 11.1 Å². The highest BCUT2D eigenvalue weighted by Crippen LogP contribution is 2.25. The monoisotopic (exact) mass is 430 g/mol. The van der Waals surface area contributed by atoms with Gasteiger partial charge in [-0.3, -0.25) is 4.79 Å². The van der Waals surface area contributed by atoms with Crippen LogP contribution in [0.1, 0.15) is 35.3 Å². The highest BCUT2D eigenvalue weighted by Gasteiger charge is 2.28. The summed E-state index contributed by atoms with van der Waals surface area (Å²) in [7, 11) is -3.76. The van der Waals surface area contributed by atoms with Crippen molar-refractivity contribution in [1.82, 2.24) is 9.62 Å². The summed E-state index contributed by atoms with van der Waals surface area (Å²) in [6.45, 7) is 4.67. The van der Waals surface area contributed by atoms with Crippen LogP contribution < -0.4 is 5.32 Å². The van der Waals surface area contributed by atoms with Crippen LogP contribution in [0.5, 0.6) is 0 Å². The van der Waals surface area contributed by atoms with E-state index >= 15 is 0 Å². The first-order valence-corrected chi connectivity index (χ1v) is 11.3. The third-order valence-electron chi connectivity index (χ3n) is 4.84. The van der Waals surface area contributed by atoms with E-state index in [1.165, 1.54) is 28.6 Å². The number of benzene rings is 2. The van der Waals surface area contributed by atoms with Gasteiger partial charge in [0.15, 0.2) is 6.61 Å². The molecule has 2 aromatic rings. The highest BCUT2D eigenvalue weighted by atomic mass is 32.2. The summed E-state index contributed by atoms with van der Waals surface area (Å²) in [6.07, 6.45) is 0.641. The molecule has 2 aromatic carbocycles. The minimum atomic E-state index is -3.76. The van der Waals surface area contributed by atoms with Gasteiger partial charge in [0.25, 0.3) is 5.91 Å². The zero-order valence-electron chi connectivity index (χ0n) is 17.1. The summed E-state index contributed by atoms with van der Waals surface area (Å²) in [6, 6.07) is 13.5. The Bertz CT molecular complexity index is 1030. The minimum absolute atomic E-state index is 0.0283. The molecule has 0 atom stereocenters. The number of ether oxygens (including phenoxy) is 1. The van der Waals surface area contributed by atoms with Crippen LogP contribution in [0.15, 0.2) is 53.4 Å². The van der Waals surface area contributed by atoms with Crippen LogP contribution in [0, 0.1) is 5.92 Å². The Hall–Kier alpha value is -2.71. The van der Waals surface area contributed by atoms with Crippen LogP contribution in [0.3, 0.4) is 0 Å². The van der Waals surface area contributed by atoms with E-state index in [1.807, 2.05) is 38.1 Å². The average Bonchev–Trinajstić information content (AvgIpc) is 2.75. The number of carbonyl (C=O) groups is 2. The zero-order valence-corrected chi connectivity index (χ0v) is 17.9. The molecule has 30 heavy (non-hydrogen) atoms. The molecule has 0 radical (unpaired) electrons. The van der Waals surface area contributed by atoms with Crippen LogP contribution in [0.25, 0.3) is 0 Å². The van der Waals surface area contributed by atoms with Gasteiger partial charge in [0.2, 0.25) is 10.0 Å². The maximum atomic E-state index is 13.1. The average molecular weight is 431 g/mol. The zero-order chi connectivity index (χ0) is 21.7. The lowest BCUT2D eigenvalue weighted by Gasteiger charge is -2.28. The first-order valence-electron chi connectivity index (χ1n) is 9.88. The molecule has 0 saturated heterocycles. The summed E-state index contributed by atoms with van der Waals surface area (Å²) in [4.78, 5) is 24.0. The molecule has 0 aliphatic carbocycles. The Morgan fingerprint density at radius 3 is 2.57 bits per heavy atom. The van der Waals surface area contributed by atoms with E-state index in [0.29, 0.717) is 26.1 Å². The number of sulfonamides is 1. The number of esters is 1. The lowest BCUT2D eigenvalue weighted by Crippen LogP contribution is -2.36. The third kappa shape index (κ3) is 5.25. The molecule has 1 aliphatic heterocycles. The molecule has 0 spiro atoms. The van der Waals surface area contributed by atoms with E-state index in [1.54, 1.807) is 0 Å². The van der Waals surface area contributed by atoms with Crippen LogP contribution in [0.2, 0.25) is 0 Å². The number of hydrogen-bond acceptors (Lipinski definition) is 5. The summed E-state index contributed by atoms with van der Waals surface area (Å²) in [5.74, 6) is -0.850. The van der Waals surface area contributed by atoms with Gasteiger partial charge in [-0.1, -0.05) is 44.2 Å². The molecule has 0 saturated carbocycles. The standard InChI is InChI=1S/C22H26N2O5S/c1-16(2)13-23-21(25)15-29-22(26)18-8-5-9-20(12-18)30(27,28)24-11-10-17-6-3-4-7-19(17)14-24/h3-9,12,16H,10-11,13-15H2,1-2H3,(H,23,25). The van der Waals surface area contributed by atoms with Crippen molar-refractivity contribution in [3.05, 3.63) is 65.2 Å². The topological polar surface area (TPSA) is 92.8 Å². The molecular weight excluding hydrogens is 404 g/mol. The predicted molar refractivity (Wildman–Crippen MR) is 112 cm³/mol. The van der Waals surface area contributed by atoms with Gasteiger partial charge in [0.1, 0.15) is 0 Å². The van der Waals surface area contributed by atoms with E-state index in [9.17, 15) is 18.0 Å². The number of carbonyl (C=O) groups excluding carboxylic acids is 2. The van der Waals surface area contributed by atoms with Crippen molar-refractivity contribution in [3.8, 4) is 0 Å². The van der Waals surface area contributed by atoms with E-state index < -0.39 is 28.5 Å². The van der Waals surface area contributed by atoms with Gasteiger partial charge in [-0.25, -0.2) is 13.2 Å². The van der Waals surface area contributed by atoms with Gasteiger partial charge in [-0.2, -0.15) is 4.31 Å². The minimum Gasteiger partial charge on any atom is -0.452 e. The van der Waals surface area contributed by atoms with Crippen LogP contribution in [-0.2, 0) is 32.5 Å². The molecule has 3 rings (SSSR count). The second kappa shape index (κ2) is 9.40. The predicted octanol–water partition coefficient (Wildman–Crippen LogP) is 2.36. The number of nitrogens with one attached hydrogen (secondary N) is 1. The highest BCUT2D eigenvalue weighted by molar-refractivity contribution is 7.89. The third-order valence-corrected chi connectivity index (χ3v) is 6.69. The van der Waals surface area contributed by atoms with Crippen molar-refractivity contribution in [3.63, 3.8) is 0 Å². The summed E-state index contributed by atoms with van der Waals surface area (Å²) in [5, 5.41) is 2.66. The first-order chi connectivity index (χ1) is 14.3. The molecule has 0 fully saturated rings. The van der Waals surface area contributed by atoms with Crippen LogP contribution >= 0.6 is 0 Å². The van der Waals surface area contributed by atoms with Gasteiger partial charge >= 0.3 is 5.97 Å². The van der Waals surface area contributed by atoms with Gasteiger partial charge in [0, 0.05) is 19.6 Å². The molecule has 1 aliphatic rings. The van der Waals surface area contributed by atoms with Gasteiger partial charge < -0.3 is 10.1 Å². The fraction of sp³-hybridized carbons (Fsp3) is 0.364. The number of amides is 1. The molecule has 7 nitrogen and oxygen atoms in total. The molecule has 8 heteroatoms. The van der Waals surface area contributed by atoms with E-state index in [2.05, 4.69) is 5.32 Å². The van der Waals surface area contributed by atoms with Crippen LogP contribution in [-0.4, -0.2) is 44.3 Å². The van der Waals surface area contributed by atoms with Crippen molar-refractivity contribution in [1.29, 1.82) is 0 Å². The molecule has 160 valence electrons. The Morgan fingerprint density at radius 2 is 1.83 bits per heavy atom. The Morgan fingerprint density at radius 1 is 1.10 bits per heavy atom. The smallest absolute Gasteiger partial charge is 0.338 e. The number of nitrogens with zero attached hydrogens (tertiary/aromatic N) is 1. The number of rotatable bonds is 7. The van der Waals surface area contributed by atoms with Crippen molar-refractivity contribution < 1.29 is 22.7 Å². The Kier molecular flexibility index (Phi) is 6.89. The Labute approximate surface area is 177 Å². The molecular formula is C22H26N2O5S. The normalized spacial score (nSPS) is 14.2. The largest absolute Gasteiger partial charge is 0.452 e. The van der Waals surface area contributed by atoms with Crippen LogP contribution in [0.4, 0.5) is 0 Å². The number of hydrogen-bond donors (Lipinski definition) is 1. The van der Waals surface area contributed by atoms with Crippen molar-refractivity contribution >= 4 is 21.9 Å². The lowest BCUT2D eigenvalue weighted by atomic mass is 10.0. The SMILES string of the molecule is CC(C)CNC(=O)COC(=O)c1cccc(S(=O)(=O)N2CCc3ccccc3C2)c1. The molecule has 0 unspecified atom stereocenters. The fourth-order valence-corrected chi connectivity index (χ4v) is 4.66. The maximum absolute atomic E-state index is 13.1. The first kappa shape index (κ1) is 22.0. The molecule has 1 N–H and O–H groups in total. The molecule has 0 bridgehead atoms. The summed E-state index contributed by atoms with van der Waals surface area (Å²) in [5.41, 5.74) is 2.22. The van der Waals surface area contributed by atoms with E-state index in [4.69, 9.17) is 4.74 Å². The van der Waals surface area contributed by atoms with Gasteiger partial charge in [0.05, 0.1) is 10.5 Å². The number of fused-ring (bicyclic) bond motifs is 1. The quantitative estimate of drug-likeness (QED) is 0.681. The maximum Gasteiger partial charge on any atom is 0.338 e. The molecule has 1 amide bonds. The second-order valence-electron chi connectivity index (χ2n) is 7.66. The summed E-state index contributed by atoms with van der Waals surface area (Å²) < 4.78 is 32.6. The Balaban J connectivity index is 1.68. The van der Waals surface area contributed by atoms with E-state index in [-0.39, 0.29) is 16.4 Å². The van der Waals surface area contributed by atoms with Crippen molar-refractivity contribution in [2.24, 2.45) is 5.92 Å².